The zero-order valence-corrected chi connectivity index (χ0v) is 16.8. The summed E-state index contributed by atoms with van der Waals surface area (Å²) in [4.78, 5) is 33.3. The largest absolute Gasteiger partial charge is 0.466 e. The molecule has 0 radical (unpaired) electrons. The summed E-state index contributed by atoms with van der Waals surface area (Å²) in [6.07, 6.45) is 2.44. The zero-order chi connectivity index (χ0) is 20.8. The highest BCUT2D eigenvalue weighted by Gasteiger charge is 2.32. The fraction of sp³-hybridized carbons (Fsp3) is 0.421. The maximum Gasteiger partial charge on any atom is 0.353 e. The normalized spacial score (nSPS) is 14.5. The van der Waals surface area contributed by atoms with Crippen LogP contribution in [-0.4, -0.2) is 40.6 Å². The quantitative estimate of drug-likeness (QED) is 0.413. The van der Waals surface area contributed by atoms with Gasteiger partial charge in [0.1, 0.15) is 6.33 Å². The predicted octanol–water partition coefficient (Wildman–Crippen LogP) is 3.43. The topological polar surface area (TPSA) is 110 Å². The Balaban J connectivity index is 1.74. The molecule has 2 heterocycles. The van der Waals surface area contributed by atoms with Gasteiger partial charge in [-0.25, -0.2) is 9.97 Å². The Bertz CT molecular complexity index is 869. The van der Waals surface area contributed by atoms with Crippen LogP contribution in [0.2, 0.25) is 5.02 Å². The first-order valence-electron chi connectivity index (χ1n) is 9.39. The van der Waals surface area contributed by atoms with E-state index in [4.69, 9.17) is 16.3 Å². The minimum Gasteiger partial charge on any atom is -0.466 e. The third kappa shape index (κ3) is 5.11. The van der Waals surface area contributed by atoms with Crippen molar-refractivity contribution >= 4 is 34.9 Å². The van der Waals surface area contributed by atoms with E-state index in [-0.39, 0.29) is 29.2 Å². The number of nitro groups is 1. The van der Waals surface area contributed by atoms with Crippen LogP contribution in [0, 0.1) is 16.0 Å². The number of hydrogen-bond acceptors (Lipinski definition) is 8. The minimum absolute atomic E-state index is 0.155. The first kappa shape index (κ1) is 20.8. The Labute approximate surface area is 173 Å². The number of nitrogens with zero attached hydrogens (tertiary/aromatic N) is 4. The molecule has 0 spiro atoms. The van der Waals surface area contributed by atoms with Crippen LogP contribution >= 0.6 is 11.6 Å². The van der Waals surface area contributed by atoms with Crippen LogP contribution in [0.1, 0.15) is 25.3 Å². The van der Waals surface area contributed by atoms with Crippen molar-refractivity contribution in [1.29, 1.82) is 0 Å². The number of rotatable bonds is 7. The van der Waals surface area contributed by atoms with Crippen molar-refractivity contribution in [2.75, 3.05) is 29.9 Å². The van der Waals surface area contributed by atoms with E-state index in [1.165, 1.54) is 6.33 Å². The van der Waals surface area contributed by atoms with Crippen molar-refractivity contribution in [2.24, 2.45) is 5.92 Å². The smallest absolute Gasteiger partial charge is 0.353 e. The van der Waals surface area contributed by atoms with Gasteiger partial charge in [0.15, 0.2) is 0 Å². The van der Waals surface area contributed by atoms with Gasteiger partial charge < -0.3 is 15.0 Å². The van der Waals surface area contributed by atoms with Crippen LogP contribution in [0.15, 0.2) is 30.6 Å². The zero-order valence-electron chi connectivity index (χ0n) is 16.0. The van der Waals surface area contributed by atoms with E-state index in [1.54, 1.807) is 19.1 Å². The second-order valence-corrected chi connectivity index (χ2v) is 7.08. The molecular weight excluding hydrogens is 398 g/mol. The number of carbonyl (C=O) groups excluding carboxylic acids is 1. The molecule has 9 nitrogen and oxygen atoms in total. The summed E-state index contributed by atoms with van der Waals surface area (Å²) in [6.45, 7) is 3.45. The Morgan fingerprint density at radius 2 is 2.00 bits per heavy atom. The molecule has 0 saturated carbocycles. The summed E-state index contributed by atoms with van der Waals surface area (Å²) in [6, 6.07) is 7.19. The van der Waals surface area contributed by atoms with E-state index < -0.39 is 4.92 Å². The SMILES string of the molecule is CCOC(=O)C1CCN(c2ncnc(NCc3ccc(Cl)cc3)c2[N+](=O)[O-])CC1. The fourth-order valence-electron chi connectivity index (χ4n) is 3.27. The number of nitrogens with one attached hydrogen (secondary N) is 1. The second kappa shape index (κ2) is 9.51. The van der Waals surface area contributed by atoms with E-state index in [1.807, 2.05) is 17.0 Å². The van der Waals surface area contributed by atoms with Gasteiger partial charge >= 0.3 is 11.7 Å². The molecule has 0 aliphatic carbocycles. The van der Waals surface area contributed by atoms with Crippen LogP contribution in [0.3, 0.4) is 0 Å². The van der Waals surface area contributed by atoms with Gasteiger partial charge in [-0.15, -0.1) is 0 Å². The summed E-state index contributed by atoms with van der Waals surface area (Å²) in [5.74, 6) is 0.0117. The van der Waals surface area contributed by atoms with Crippen molar-refractivity contribution in [3.63, 3.8) is 0 Å². The maximum atomic E-state index is 11.9. The van der Waals surface area contributed by atoms with E-state index >= 15 is 0 Å². The molecule has 1 aromatic carbocycles. The third-order valence-electron chi connectivity index (χ3n) is 4.77. The number of carbonyl (C=O) groups is 1. The molecule has 3 rings (SSSR count). The van der Waals surface area contributed by atoms with Gasteiger partial charge in [0, 0.05) is 24.7 Å². The molecule has 1 saturated heterocycles. The van der Waals surface area contributed by atoms with Crippen molar-refractivity contribution in [2.45, 2.75) is 26.3 Å². The molecule has 1 fully saturated rings. The molecule has 0 atom stereocenters. The predicted molar refractivity (Wildman–Crippen MR) is 109 cm³/mol. The van der Waals surface area contributed by atoms with Crippen LogP contribution in [-0.2, 0) is 16.1 Å². The lowest BCUT2D eigenvalue weighted by atomic mass is 9.97. The molecule has 1 aliphatic heterocycles. The second-order valence-electron chi connectivity index (χ2n) is 6.64. The number of anilines is 2. The van der Waals surface area contributed by atoms with E-state index in [0.29, 0.717) is 44.1 Å². The maximum absolute atomic E-state index is 11.9. The van der Waals surface area contributed by atoms with E-state index in [2.05, 4.69) is 15.3 Å². The lowest BCUT2D eigenvalue weighted by Gasteiger charge is -2.31. The molecule has 1 aromatic heterocycles. The van der Waals surface area contributed by atoms with Gasteiger partial charge in [-0.2, -0.15) is 0 Å². The van der Waals surface area contributed by atoms with Crippen molar-refractivity contribution < 1.29 is 14.5 Å². The van der Waals surface area contributed by atoms with Crippen LogP contribution in [0.5, 0.6) is 0 Å². The minimum atomic E-state index is -0.475. The Kier molecular flexibility index (Phi) is 6.82. The van der Waals surface area contributed by atoms with Crippen molar-refractivity contribution in [1.82, 2.24) is 9.97 Å². The molecule has 0 unspecified atom stereocenters. The van der Waals surface area contributed by atoms with Crippen molar-refractivity contribution in [3.05, 3.63) is 51.3 Å². The molecule has 10 heteroatoms. The number of benzene rings is 1. The van der Waals surface area contributed by atoms with Gasteiger partial charge in [-0.05, 0) is 37.5 Å². The van der Waals surface area contributed by atoms with E-state index in [0.717, 1.165) is 5.56 Å². The van der Waals surface area contributed by atoms with E-state index in [9.17, 15) is 14.9 Å². The average Bonchev–Trinajstić information content (AvgIpc) is 2.73. The van der Waals surface area contributed by atoms with Crippen molar-refractivity contribution in [3.8, 4) is 0 Å². The molecule has 2 aromatic rings. The van der Waals surface area contributed by atoms with Gasteiger partial charge in [-0.3, -0.25) is 14.9 Å². The summed E-state index contributed by atoms with van der Waals surface area (Å²) in [7, 11) is 0. The number of esters is 1. The first-order valence-corrected chi connectivity index (χ1v) is 9.76. The van der Waals surface area contributed by atoms with Gasteiger partial charge in [0.05, 0.1) is 17.4 Å². The fourth-order valence-corrected chi connectivity index (χ4v) is 3.40. The highest BCUT2D eigenvalue weighted by molar-refractivity contribution is 6.30. The lowest BCUT2D eigenvalue weighted by molar-refractivity contribution is -0.383. The standard InChI is InChI=1S/C19H22ClN5O4/c1-2-29-19(26)14-7-9-24(10-8-14)18-16(25(27)28)17(22-12-23-18)21-11-13-3-5-15(20)6-4-13/h3-6,12,14H,2,7-11H2,1H3,(H,21,22,23). The molecule has 29 heavy (non-hydrogen) atoms. The van der Waals surface area contributed by atoms with Gasteiger partial charge in [0.25, 0.3) is 0 Å². The molecule has 1 aliphatic rings. The molecule has 154 valence electrons. The number of aromatic nitrogens is 2. The molecular formula is C19H22ClN5O4. The third-order valence-corrected chi connectivity index (χ3v) is 5.03. The number of piperidine rings is 1. The number of halogens is 1. The first-order chi connectivity index (χ1) is 14.0. The molecule has 1 N–H and O–H groups in total. The Hall–Kier alpha value is -2.94. The summed E-state index contributed by atoms with van der Waals surface area (Å²) in [5.41, 5.74) is 0.746. The number of hydrogen-bond donors (Lipinski definition) is 1. The number of ether oxygens (including phenoxy) is 1. The highest BCUT2D eigenvalue weighted by Crippen LogP contribution is 2.34. The highest BCUT2D eigenvalue weighted by atomic mass is 35.5. The average molecular weight is 420 g/mol. The van der Waals surface area contributed by atoms with Crippen LogP contribution < -0.4 is 10.2 Å². The van der Waals surface area contributed by atoms with Crippen LogP contribution in [0.4, 0.5) is 17.3 Å². The summed E-state index contributed by atoms with van der Waals surface area (Å²) in [5, 5.41) is 15.4. The summed E-state index contributed by atoms with van der Waals surface area (Å²) >= 11 is 5.88. The van der Waals surface area contributed by atoms with Gasteiger partial charge in [0.2, 0.25) is 11.6 Å². The monoisotopic (exact) mass is 419 g/mol. The molecule has 0 amide bonds. The van der Waals surface area contributed by atoms with Gasteiger partial charge in [-0.1, -0.05) is 23.7 Å². The lowest BCUT2D eigenvalue weighted by Crippen LogP contribution is -2.37. The molecule has 0 bridgehead atoms. The Morgan fingerprint density at radius 3 is 2.62 bits per heavy atom. The summed E-state index contributed by atoms with van der Waals surface area (Å²) < 4.78 is 5.08. The Morgan fingerprint density at radius 1 is 1.31 bits per heavy atom. The van der Waals surface area contributed by atoms with Crippen LogP contribution in [0.25, 0.3) is 0 Å².